The third-order valence-corrected chi connectivity index (χ3v) is 7.07. The summed E-state index contributed by atoms with van der Waals surface area (Å²) in [5, 5.41) is 0.406. The summed E-state index contributed by atoms with van der Waals surface area (Å²) in [6.45, 7) is 2.81. The lowest BCUT2D eigenvalue weighted by atomic mass is 10.0. The lowest BCUT2D eigenvalue weighted by Crippen LogP contribution is -2.46. The second-order valence-corrected chi connectivity index (χ2v) is 8.84. The Morgan fingerprint density at radius 2 is 2.35 bits per heavy atom. The number of rotatable bonds is 3. The molecule has 0 aliphatic carbocycles. The number of nitrogens with one attached hydrogen (secondary N) is 1. The van der Waals surface area contributed by atoms with E-state index in [1.165, 1.54) is 6.07 Å². The van der Waals surface area contributed by atoms with Crippen molar-refractivity contribution < 1.29 is 13.2 Å². The van der Waals surface area contributed by atoms with E-state index in [9.17, 15) is 8.42 Å². The molecule has 0 radical (unpaired) electrons. The normalized spacial score (nSPS) is 25.4. The molecule has 0 amide bonds. The van der Waals surface area contributed by atoms with Crippen LogP contribution >= 0.6 is 38.9 Å². The maximum atomic E-state index is 12.1. The predicted octanol–water partition coefficient (Wildman–Crippen LogP) is 2.62. The minimum absolute atomic E-state index is 0.211. The smallest absolute Gasteiger partial charge is 0.250 e. The molecule has 1 atom stereocenters. The lowest BCUT2D eigenvalue weighted by molar-refractivity contribution is 0.178. The number of halogens is 2. The van der Waals surface area contributed by atoms with Gasteiger partial charge in [0.15, 0.2) is 0 Å². The van der Waals surface area contributed by atoms with Crippen LogP contribution in [0.4, 0.5) is 0 Å². The van der Waals surface area contributed by atoms with E-state index in [0.717, 1.165) is 11.3 Å². The number of thiophene rings is 1. The van der Waals surface area contributed by atoms with Crippen LogP contribution in [0.5, 0.6) is 0 Å². The molecule has 17 heavy (non-hydrogen) atoms. The first-order chi connectivity index (χ1) is 7.82. The van der Waals surface area contributed by atoms with Gasteiger partial charge in [0.1, 0.15) is 4.21 Å². The van der Waals surface area contributed by atoms with E-state index in [0.29, 0.717) is 28.4 Å². The molecule has 1 aromatic heterocycles. The Balaban J connectivity index is 2.24. The minimum Gasteiger partial charge on any atom is -0.379 e. The second-order valence-electron chi connectivity index (χ2n) is 4.16. The van der Waals surface area contributed by atoms with Crippen molar-refractivity contribution in [2.45, 2.75) is 23.1 Å². The van der Waals surface area contributed by atoms with Crippen LogP contribution in [0.25, 0.3) is 0 Å². The molecule has 1 aromatic rings. The van der Waals surface area contributed by atoms with Crippen LogP contribution in [0.2, 0.25) is 5.02 Å². The van der Waals surface area contributed by atoms with Gasteiger partial charge in [-0.05, 0) is 35.3 Å². The summed E-state index contributed by atoms with van der Waals surface area (Å²) < 4.78 is 33.0. The number of hydrogen-bond acceptors (Lipinski definition) is 4. The van der Waals surface area contributed by atoms with Gasteiger partial charge in [0.25, 0.3) is 10.0 Å². The SMILES string of the molecule is CC1(NS(=O)(=O)c2cc(Cl)c(Br)s2)CCOC1. The van der Waals surface area contributed by atoms with Crippen LogP contribution in [-0.2, 0) is 14.8 Å². The van der Waals surface area contributed by atoms with Crippen LogP contribution < -0.4 is 4.72 Å². The fourth-order valence-corrected chi connectivity index (χ4v) is 5.40. The van der Waals surface area contributed by atoms with Crippen molar-refractivity contribution in [2.75, 3.05) is 13.2 Å². The number of ether oxygens (including phenoxy) is 1. The highest BCUT2D eigenvalue weighted by molar-refractivity contribution is 9.11. The Morgan fingerprint density at radius 3 is 2.82 bits per heavy atom. The van der Waals surface area contributed by atoms with Crippen LogP contribution in [0.15, 0.2) is 14.1 Å². The first-order valence-corrected chi connectivity index (χ1v) is 8.36. The van der Waals surface area contributed by atoms with Gasteiger partial charge in [-0.1, -0.05) is 11.6 Å². The molecule has 96 valence electrons. The maximum Gasteiger partial charge on any atom is 0.250 e. The van der Waals surface area contributed by atoms with Gasteiger partial charge in [0, 0.05) is 6.61 Å². The number of sulfonamides is 1. The topological polar surface area (TPSA) is 55.4 Å². The third kappa shape index (κ3) is 3.02. The van der Waals surface area contributed by atoms with Crippen molar-refractivity contribution in [1.82, 2.24) is 4.72 Å². The van der Waals surface area contributed by atoms with Gasteiger partial charge in [0.2, 0.25) is 0 Å². The van der Waals surface area contributed by atoms with E-state index in [1.54, 1.807) is 0 Å². The molecule has 0 spiro atoms. The van der Waals surface area contributed by atoms with Gasteiger partial charge < -0.3 is 4.74 Å². The highest BCUT2D eigenvalue weighted by atomic mass is 79.9. The standard InChI is InChI=1S/C9H11BrClNO3S2/c1-9(2-3-15-5-9)12-17(13,14)7-4-6(11)8(10)16-7/h4,12H,2-3,5H2,1H3. The van der Waals surface area contributed by atoms with Gasteiger partial charge >= 0.3 is 0 Å². The summed E-state index contributed by atoms with van der Waals surface area (Å²) in [7, 11) is -3.53. The van der Waals surface area contributed by atoms with Crippen LogP contribution in [-0.4, -0.2) is 27.2 Å². The summed E-state index contributed by atoms with van der Waals surface area (Å²) in [4.78, 5) is 0. The first-order valence-electron chi connectivity index (χ1n) is 4.89. The van der Waals surface area contributed by atoms with Gasteiger partial charge in [-0.3, -0.25) is 0 Å². The van der Waals surface area contributed by atoms with Gasteiger partial charge in [0.05, 0.1) is 21.0 Å². The van der Waals surface area contributed by atoms with Crippen molar-refractivity contribution in [3.8, 4) is 0 Å². The van der Waals surface area contributed by atoms with Crippen LogP contribution in [0, 0.1) is 0 Å². The van der Waals surface area contributed by atoms with E-state index in [2.05, 4.69) is 20.7 Å². The van der Waals surface area contributed by atoms with Gasteiger partial charge in [-0.15, -0.1) is 11.3 Å². The molecule has 1 aliphatic heterocycles. The molecular weight excluding hydrogens is 350 g/mol. The molecule has 0 aromatic carbocycles. The monoisotopic (exact) mass is 359 g/mol. The third-order valence-electron chi connectivity index (χ3n) is 2.49. The Labute approximate surface area is 117 Å². The predicted molar refractivity (Wildman–Crippen MR) is 71.2 cm³/mol. The first kappa shape index (κ1) is 13.8. The van der Waals surface area contributed by atoms with E-state index in [-0.39, 0.29) is 4.21 Å². The van der Waals surface area contributed by atoms with E-state index in [1.807, 2.05) is 6.92 Å². The lowest BCUT2D eigenvalue weighted by Gasteiger charge is -2.22. The Hall–Kier alpha value is 0.340. The summed E-state index contributed by atoms with van der Waals surface area (Å²) in [5.74, 6) is 0. The maximum absolute atomic E-state index is 12.1. The average molecular weight is 361 g/mol. The van der Waals surface area contributed by atoms with Crippen LogP contribution in [0.1, 0.15) is 13.3 Å². The van der Waals surface area contributed by atoms with Gasteiger partial charge in [-0.2, -0.15) is 0 Å². The minimum atomic E-state index is -3.53. The molecule has 1 fully saturated rings. The summed E-state index contributed by atoms with van der Waals surface area (Å²) in [6, 6.07) is 1.44. The van der Waals surface area contributed by atoms with E-state index >= 15 is 0 Å². The molecular formula is C9H11BrClNO3S2. The highest BCUT2D eigenvalue weighted by Crippen LogP contribution is 2.35. The molecule has 2 heterocycles. The molecule has 1 aliphatic rings. The Morgan fingerprint density at radius 1 is 1.65 bits per heavy atom. The second kappa shape index (κ2) is 4.79. The van der Waals surface area contributed by atoms with Crippen molar-refractivity contribution in [2.24, 2.45) is 0 Å². The molecule has 1 N–H and O–H groups in total. The number of hydrogen-bond donors (Lipinski definition) is 1. The van der Waals surface area contributed by atoms with Crippen LogP contribution in [0.3, 0.4) is 0 Å². The van der Waals surface area contributed by atoms with E-state index in [4.69, 9.17) is 16.3 Å². The quantitative estimate of drug-likeness (QED) is 0.901. The van der Waals surface area contributed by atoms with Crippen molar-refractivity contribution in [1.29, 1.82) is 0 Å². The van der Waals surface area contributed by atoms with Crippen molar-refractivity contribution in [3.05, 3.63) is 14.9 Å². The Bertz CT molecular complexity index is 503. The average Bonchev–Trinajstić information content (AvgIpc) is 2.74. The molecule has 0 saturated carbocycles. The van der Waals surface area contributed by atoms with Crippen molar-refractivity contribution in [3.63, 3.8) is 0 Å². The van der Waals surface area contributed by atoms with Gasteiger partial charge in [-0.25, -0.2) is 13.1 Å². The van der Waals surface area contributed by atoms with E-state index < -0.39 is 15.6 Å². The summed E-state index contributed by atoms with van der Waals surface area (Å²) >= 11 is 10.1. The largest absolute Gasteiger partial charge is 0.379 e. The highest BCUT2D eigenvalue weighted by Gasteiger charge is 2.35. The molecule has 1 unspecified atom stereocenters. The fourth-order valence-electron chi connectivity index (χ4n) is 1.58. The van der Waals surface area contributed by atoms with Crippen molar-refractivity contribution >= 4 is 48.9 Å². The molecule has 2 rings (SSSR count). The zero-order chi connectivity index (χ0) is 12.7. The zero-order valence-electron chi connectivity index (χ0n) is 9.00. The fraction of sp³-hybridized carbons (Fsp3) is 0.556. The molecule has 0 bridgehead atoms. The zero-order valence-corrected chi connectivity index (χ0v) is 13.0. The summed E-state index contributed by atoms with van der Waals surface area (Å²) in [6.07, 6.45) is 0.673. The summed E-state index contributed by atoms with van der Waals surface area (Å²) in [5.41, 5.74) is -0.526. The molecule has 4 nitrogen and oxygen atoms in total. The molecule has 1 saturated heterocycles. The molecule has 8 heteroatoms. The Kier molecular flexibility index (Phi) is 3.88.